The van der Waals surface area contributed by atoms with Crippen molar-refractivity contribution in [2.45, 2.75) is 23.6 Å². The van der Waals surface area contributed by atoms with Gasteiger partial charge in [0.15, 0.2) is 5.78 Å². The molecular weight excluding hydrogens is 182 g/mol. The van der Waals surface area contributed by atoms with Crippen molar-refractivity contribution in [3.8, 4) is 0 Å². The number of thioether (sulfide) groups is 1. The molecule has 1 aliphatic heterocycles. The van der Waals surface area contributed by atoms with Gasteiger partial charge in [-0.2, -0.15) is 0 Å². The molecule has 1 rings (SSSR count). The molecule has 2 unspecified atom stereocenters. The number of hydrogen-bond acceptors (Lipinski definition) is 3. The van der Waals surface area contributed by atoms with Crippen molar-refractivity contribution in [3.63, 3.8) is 0 Å². The van der Waals surface area contributed by atoms with Crippen LogP contribution >= 0.6 is 11.8 Å². The van der Waals surface area contributed by atoms with Gasteiger partial charge in [-0.25, -0.2) is 0 Å². The Morgan fingerprint density at radius 1 is 1.62 bits per heavy atom. The third-order valence-electron chi connectivity index (χ3n) is 2.37. The van der Waals surface area contributed by atoms with E-state index in [0.717, 1.165) is 6.42 Å². The van der Waals surface area contributed by atoms with Crippen LogP contribution in [0.4, 0.5) is 0 Å². The lowest BCUT2D eigenvalue weighted by Gasteiger charge is -2.26. The summed E-state index contributed by atoms with van der Waals surface area (Å²) in [7, 11) is 0. The Balaban J connectivity index is 2.79. The van der Waals surface area contributed by atoms with E-state index in [0.29, 0.717) is 12.2 Å². The molecule has 0 aromatic rings. The van der Waals surface area contributed by atoms with Crippen LogP contribution in [-0.4, -0.2) is 22.3 Å². The number of nitrogens with two attached hydrogens (primary N) is 1. The monoisotopic (exact) mass is 197 g/mol. The summed E-state index contributed by atoms with van der Waals surface area (Å²) in [6.07, 6.45) is 4.90. The minimum absolute atomic E-state index is 0.143. The summed E-state index contributed by atoms with van der Waals surface area (Å²) in [5.41, 5.74) is 5.36. The third-order valence-corrected chi connectivity index (χ3v) is 3.82. The first-order chi connectivity index (χ1) is 6.15. The first-order valence-corrected chi connectivity index (χ1v) is 5.35. The van der Waals surface area contributed by atoms with E-state index in [2.05, 4.69) is 13.2 Å². The van der Waals surface area contributed by atoms with Crippen molar-refractivity contribution < 1.29 is 4.79 Å². The number of allylic oxidation sites excluding steroid dienone is 1. The first-order valence-electron chi connectivity index (χ1n) is 4.30. The van der Waals surface area contributed by atoms with Gasteiger partial charge in [-0.05, 0) is 12.8 Å². The van der Waals surface area contributed by atoms with Gasteiger partial charge >= 0.3 is 0 Å². The molecule has 0 radical (unpaired) electrons. The van der Waals surface area contributed by atoms with E-state index >= 15 is 0 Å². The summed E-state index contributed by atoms with van der Waals surface area (Å²) < 4.78 is 0. The zero-order valence-electron chi connectivity index (χ0n) is 7.66. The van der Waals surface area contributed by atoms with Gasteiger partial charge in [0.25, 0.3) is 0 Å². The fourth-order valence-corrected chi connectivity index (χ4v) is 2.97. The van der Waals surface area contributed by atoms with E-state index in [-0.39, 0.29) is 11.0 Å². The highest BCUT2D eigenvalue weighted by Crippen LogP contribution is 2.36. The number of carbonyl (C=O) groups excluding carboxylic acids is 1. The molecule has 2 N–H and O–H groups in total. The molecule has 0 spiro atoms. The minimum atomic E-state index is -0.694. The Bertz CT molecular complexity index is 239. The van der Waals surface area contributed by atoms with E-state index in [9.17, 15) is 4.79 Å². The van der Waals surface area contributed by atoms with Crippen LogP contribution in [0.15, 0.2) is 25.3 Å². The fraction of sp³-hybridized carbons (Fsp3) is 0.500. The summed E-state index contributed by atoms with van der Waals surface area (Å²) in [6.45, 7) is 7.30. The maximum atomic E-state index is 11.5. The zero-order valence-corrected chi connectivity index (χ0v) is 8.48. The predicted octanol–water partition coefficient (Wildman–Crippen LogP) is 1.52. The standard InChI is InChI=1S/C10H15NOS/c1-3-5-9-10(11,6-4-2)8(12)7-13-9/h3-4,9H,1-2,5-7,11H2. The minimum Gasteiger partial charge on any atom is -0.318 e. The molecule has 1 aliphatic rings. The molecular formula is C10H15NOS. The third kappa shape index (κ3) is 1.86. The molecule has 1 saturated heterocycles. The Kier molecular flexibility index (Phi) is 3.33. The lowest BCUT2D eigenvalue weighted by atomic mass is 9.87. The Hall–Kier alpha value is -0.540. The Morgan fingerprint density at radius 3 is 2.85 bits per heavy atom. The van der Waals surface area contributed by atoms with Gasteiger partial charge < -0.3 is 5.73 Å². The van der Waals surface area contributed by atoms with Gasteiger partial charge in [0.05, 0.1) is 11.3 Å². The fourth-order valence-electron chi connectivity index (χ4n) is 1.55. The number of Topliss-reactive ketones (excluding diaryl/α,β-unsaturated/α-hetero) is 1. The molecule has 0 amide bonds. The molecule has 1 fully saturated rings. The molecule has 0 aromatic heterocycles. The molecule has 1 heterocycles. The molecule has 2 nitrogen and oxygen atoms in total. The van der Waals surface area contributed by atoms with Crippen molar-refractivity contribution in [3.05, 3.63) is 25.3 Å². The predicted molar refractivity (Wildman–Crippen MR) is 57.8 cm³/mol. The molecule has 3 heteroatoms. The highest BCUT2D eigenvalue weighted by Gasteiger charge is 2.45. The average Bonchev–Trinajstić information content (AvgIpc) is 2.34. The lowest BCUT2D eigenvalue weighted by molar-refractivity contribution is -0.120. The molecule has 0 aliphatic carbocycles. The largest absolute Gasteiger partial charge is 0.318 e. The highest BCUT2D eigenvalue weighted by molar-refractivity contribution is 8.01. The van der Waals surface area contributed by atoms with Crippen LogP contribution < -0.4 is 5.73 Å². The summed E-state index contributed by atoms with van der Waals surface area (Å²) in [4.78, 5) is 11.5. The Labute approximate surface area is 83.3 Å². The van der Waals surface area contributed by atoms with E-state index in [4.69, 9.17) is 5.73 Å². The van der Waals surface area contributed by atoms with Crippen LogP contribution in [0, 0.1) is 0 Å². The van der Waals surface area contributed by atoms with Crippen molar-refractivity contribution in [1.82, 2.24) is 0 Å². The van der Waals surface area contributed by atoms with Gasteiger partial charge in [-0.15, -0.1) is 24.9 Å². The second-order valence-electron chi connectivity index (χ2n) is 3.28. The van der Waals surface area contributed by atoms with Crippen LogP contribution in [0.2, 0.25) is 0 Å². The van der Waals surface area contributed by atoms with Crippen molar-refractivity contribution in [2.75, 3.05) is 5.75 Å². The lowest BCUT2D eigenvalue weighted by Crippen LogP contribution is -2.51. The molecule has 2 atom stereocenters. The molecule has 13 heavy (non-hydrogen) atoms. The summed E-state index contributed by atoms with van der Waals surface area (Å²) in [5.74, 6) is 0.673. The van der Waals surface area contributed by atoms with E-state index in [1.807, 2.05) is 6.08 Å². The quantitative estimate of drug-likeness (QED) is 0.695. The number of hydrogen-bond donors (Lipinski definition) is 1. The smallest absolute Gasteiger partial charge is 0.163 e. The number of ketones is 1. The van der Waals surface area contributed by atoms with Gasteiger partial charge in [-0.1, -0.05) is 12.2 Å². The Morgan fingerprint density at radius 2 is 2.31 bits per heavy atom. The van der Waals surface area contributed by atoms with Crippen LogP contribution in [0.5, 0.6) is 0 Å². The summed E-state index contributed by atoms with van der Waals surface area (Å²) >= 11 is 1.63. The number of carbonyl (C=O) groups is 1. The summed E-state index contributed by atoms with van der Waals surface area (Å²) in [5, 5.41) is 0.176. The van der Waals surface area contributed by atoms with Crippen LogP contribution in [0.1, 0.15) is 12.8 Å². The van der Waals surface area contributed by atoms with Crippen LogP contribution in [-0.2, 0) is 4.79 Å². The van der Waals surface area contributed by atoms with E-state index < -0.39 is 5.54 Å². The van der Waals surface area contributed by atoms with Crippen molar-refractivity contribution >= 4 is 17.5 Å². The molecule has 72 valence electrons. The van der Waals surface area contributed by atoms with Gasteiger partial charge in [0, 0.05) is 5.25 Å². The first kappa shape index (κ1) is 10.5. The molecule has 0 saturated carbocycles. The second kappa shape index (κ2) is 4.11. The van der Waals surface area contributed by atoms with E-state index in [1.54, 1.807) is 17.8 Å². The highest BCUT2D eigenvalue weighted by atomic mass is 32.2. The maximum absolute atomic E-state index is 11.5. The second-order valence-corrected chi connectivity index (χ2v) is 4.47. The summed E-state index contributed by atoms with van der Waals surface area (Å²) in [6, 6.07) is 0. The topological polar surface area (TPSA) is 43.1 Å². The van der Waals surface area contributed by atoms with Crippen molar-refractivity contribution in [2.24, 2.45) is 5.73 Å². The van der Waals surface area contributed by atoms with Gasteiger partial charge in [-0.3, -0.25) is 4.79 Å². The van der Waals surface area contributed by atoms with Crippen molar-refractivity contribution in [1.29, 1.82) is 0 Å². The van der Waals surface area contributed by atoms with Crippen LogP contribution in [0.25, 0.3) is 0 Å². The zero-order chi connectivity index (χ0) is 9.90. The number of rotatable bonds is 4. The normalized spacial score (nSPS) is 33.3. The molecule has 0 bridgehead atoms. The maximum Gasteiger partial charge on any atom is 0.163 e. The SMILES string of the molecule is C=CCC1SCC(=O)C1(N)CC=C. The van der Waals surface area contributed by atoms with Gasteiger partial charge in [0.2, 0.25) is 0 Å². The van der Waals surface area contributed by atoms with Crippen LogP contribution in [0.3, 0.4) is 0 Å². The molecule has 0 aromatic carbocycles. The average molecular weight is 197 g/mol. The van der Waals surface area contributed by atoms with E-state index in [1.165, 1.54) is 0 Å². The van der Waals surface area contributed by atoms with Gasteiger partial charge in [0.1, 0.15) is 0 Å².